The van der Waals surface area contributed by atoms with Gasteiger partial charge in [-0.05, 0) is 49.5 Å². The van der Waals surface area contributed by atoms with Gasteiger partial charge in [-0.3, -0.25) is 4.99 Å². The summed E-state index contributed by atoms with van der Waals surface area (Å²) in [5.41, 5.74) is 3.50. The quantitative estimate of drug-likeness (QED) is 0.481. The molecule has 2 aromatic rings. The maximum absolute atomic E-state index is 14.2. The maximum Gasteiger partial charge on any atom is 0.149 e. The van der Waals surface area contributed by atoms with Crippen LogP contribution >= 0.6 is 11.6 Å². The predicted molar refractivity (Wildman–Crippen MR) is 99.2 cm³/mol. The van der Waals surface area contributed by atoms with Crippen LogP contribution in [0, 0.1) is 11.6 Å². The number of rotatable bonds is 5. The average molecular weight is 378 g/mol. The van der Waals surface area contributed by atoms with Crippen LogP contribution in [0.15, 0.2) is 40.5 Å². The Balaban J connectivity index is 1.93. The molecule has 0 saturated carbocycles. The van der Waals surface area contributed by atoms with E-state index in [9.17, 15) is 14.0 Å². The third kappa shape index (κ3) is 3.76. The lowest BCUT2D eigenvalue weighted by Crippen LogP contribution is -2.22. The van der Waals surface area contributed by atoms with Crippen molar-refractivity contribution in [2.75, 3.05) is 20.6 Å². The minimum atomic E-state index is -0.512. The van der Waals surface area contributed by atoms with E-state index in [0.717, 1.165) is 5.71 Å². The molecule has 0 atom stereocenters. The molecule has 1 aliphatic rings. The number of benzene rings is 2. The largest absolute Gasteiger partial charge is 0.411 e. The average Bonchev–Trinajstić information content (AvgIpc) is 3.00. The Kier molecular flexibility index (Phi) is 5.34. The molecule has 0 spiro atoms. The highest BCUT2D eigenvalue weighted by Crippen LogP contribution is 2.33. The molecule has 0 unspecified atom stereocenters. The SMILES string of the molecule is CN(C)CC1=Nc2c(F)ccc(/C(Cc3ccc(F)c(Cl)c3)=N/O)c2C1. The van der Waals surface area contributed by atoms with Crippen LogP contribution in [0.1, 0.15) is 16.7 Å². The Morgan fingerprint density at radius 3 is 2.62 bits per heavy atom. The molecular formula is C19H18ClF2N3O. The molecule has 136 valence electrons. The number of halogens is 3. The molecule has 2 aromatic carbocycles. The molecule has 0 aromatic heterocycles. The van der Waals surface area contributed by atoms with E-state index < -0.39 is 11.6 Å². The highest BCUT2D eigenvalue weighted by molar-refractivity contribution is 6.30. The van der Waals surface area contributed by atoms with Gasteiger partial charge < -0.3 is 10.1 Å². The smallest absolute Gasteiger partial charge is 0.149 e. The zero-order valence-electron chi connectivity index (χ0n) is 14.4. The Labute approximate surface area is 155 Å². The summed E-state index contributed by atoms with van der Waals surface area (Å²) in [6.45, 7) is 0.618. The number of hydrogen-bond acceptors (Lipinski definition) is 4. The summed E-state index contributed by atoms with van der Waals surface area (Å²) in [6.07, 6.45) is 0.724. The summed E-state index contributed by atoms with van der Waals surface area (Å²) < 4.78 is 27.5. The normalized spacial score (nSPS) is 13.9. The van der Waals surface area contributed by atoms with Gasteiger partial charge in [-0.1, -0.05) is 22.8 Å². The molecule has 1 N–H and O–H groups in total. The Hall–Kier alpha value is -2.31. The first-order chi connectivity index (χ1) is 12.4. The van der Waals surface area contributed by atoms with E-state index in [1.165, 1.54) is 18.2 Å². The van der Waals surface area contributed by atoms with E-state index in [2.05, 4.69) is 10.1 Å². The van der Waals surface area contributed by atoms with E-state index >= 15 is 0 Å². The van der Waals surface area contributed by atoms with Crippen LogP contribution in [0.3, 0.4) is 0 Å². The fourth-order valence-electron chi connectivity index (χ4n) is 3.06. The van der Waals surface area contributed by atoms with Gasteiger partial charge in [0, 0.05) is 30.7 Å². The van der Waals surface area contributed by atoms with Crippen molar-refractivity contribution in [1.29, 1.82) is 0 Å². The number of fused-ring (bicyclic) bond motifs is 1. The molecule has 1 heterocycles. The number of nitrogens with zero attached hydrogens (tertiary/aromatic N) is 3. The summed E-state index contributed by atoms with van der Waals surface area (Å²) in [7, 11) is 3.84. The fourth-order valence-corrected chi connectivity index (χ4v) is 3.27. The van der Waals surface area contributed by atoms with Crippen molar-refractivity contribution in [3.63, 3.8) is 0 Å². The van der Waals surface area contributed by atoms with Crippen molar-refractivity contribution in [2.45, 2.75) is 12.8 Å². The molecule has 7 heteroatoms. The lowest BCUT2D eigenvalue weighted by molar-refractivity contribution is 0.318. The van der Waals surface area contributed by atoms with Gasteiger partial charge >= 0.3 is 0 Å². The molecule has 0 radical (unpaired) electrons. The second kappa shape index (κ2) is 7.51. The third-order valence-electron chi connectivity index (χ3n) is 4.17. The zero-order valence-corrected chi connectivity index (χ0v) is 15.2. The second-order valence-electron chi connectivity index (χ2n) is 6.49. The maximum atomic E-state index is 14.2. The van der Waals surface area contributed by atoms with E-state index in [1.54, 1.807) is 12.1 Å². The van der Waals surface area contributed by atoms with Gasteiger partial charge in [-0.2, -0.15) is 0 Å². The molecule has 0 saturated heterocycles. The molecule has 0 bridgehead atoms. The lowest BCUT2D eigenvalue weighted by atomic mass is 9.95. The first kappa shape index (κ1) is 18.5. The van der Waals surface area contributed by atoms with Crippen LogP contribution in [0.25, 0.3) is 0 Å². The molecule has 0 amide bonds. The monoisotopic (exact) mass is 377 g/mol. The molecule has 3 rings (SSSR count). The van der Waals surface area contributed by atoms with E-state index in [4.69, 9.17) is 11.6 Å². The number of oxime groups is 1. The van der Waals surface area contributed by atoms with Gasteiger partial charge in [-0.15, -0.1) is 0 Å². The number of hydrogen-bond donors (Lipinski definition) is 1. The summed E-state index contributed by atoms with van der Waals surface area (Å²) in [6, 6.07) is 7.23. The Morgan fingerprint density at radius 2 is 1.96 bits per heavy atom. The van der Waals surface area contributed by atoms with Crippen molar-refractivity contribution >= 4 is 28.7 Å². The van der Waals surface area contributed by atoms with Crippen molar-refractivity contribution in [2.24, 2.45) is 10.1 Å². The van der Waals surface area contributed by atoms with Crippen LogP contribution < -0.4 is 0 Å². The molecule has 26 heavy (non-hydrogen) atoms. The van der Waals surface area contributed by atoms with Crippen molar-refractivity contribution < 1.29 is 14.0 Å². The Morgan fingerprint density at radius 1 is 1.23 bits per heavy atom. The fraction of sp³-hybridized carbons (Fsp3) is 0.263. The summed E-state index contributed by atoms with van der Waals surface area (Å²) in [4.78, 5) is 6.36. The van der Waals surface area contributed by atoms with E-state index in [-0.39, 0.29) is 17.1 Å². The van der Waals surface area contributed by atoms with Gasteiger partial charge in [0.05, 0.1) is 10.7 Å². The standard InChI is InChI=1S/C19H18ClF2N3O/c1-25(2)10-12-9-14-13(4-6-17(22)19(14)23-12)18(24-26)8-11-3-5-16(21)15(20)7-11/h3-7,26H,8-10H2,1-2H3/b24-18+. The minimum absolute atomic E-state index is 0.000673. The molecule has 0 aliphatic carbocycles. The minimum Gasteiger partial charge on any atom is -0.411 e. The molecular weight excluding hydrogens is 360 g/mol. The van der Waals surface area contributed by atoms with Crippen LogP contribution in [0.2, 0.25) is 5.02 Å². The van der Waals surface area contributed by atoms with Crippen molar-refractivity contribution in [3.05, 3.63) is 63.7 Å². The predicted octanol–water partition coefficient (Wildman–Crippen LogP) is 4.23. The van der Waals surface area contributed by atoms with E-state index in [1.807, 2.05) is 19.0 Å². The van der Waals surface area contributed by atoms with Crippen LogP contribution in [0.5, 0.6) is 0 Å². The molecule has 1 aliphatic heterocycles. The second-order valence-corrected chi connectivity index (χ2v) is 6.89. The molecule has 0 fully saturated rings. The third-order valence-corrected chi connectivity index (χ3v) is 4.46. The van der Waals surface area contributed by atoms with Crippen molar-refractivity contribution in [1.82, 2.24) is 4.90 Å². The first-order valence-electron chi connectivity index (χ1n) is 8.06. The summed E-state index contributed by atoms with van der Waals surface area (Å²) in [5, 5.41) is 12.9. The highest BCUT2D eigenvalue weighted by atomic mass is 35.5. The zero-order chi connectivity index (χ0) is 18.8. The van der Waals surface area contributed by atoms with Crippen LogP contribution in [0.4, 0.5) is 14.5 Å². The van der Waals surface area contributed by atoms with Gasteiger partial charge in [0.15, 0.2) is 0 Å². The van der Waals surface area contributed by atoms with E-state index in [0.29, 0.717) is 35.4 Å². The Bertz CT molecular complexity index is 910. The highest BCUT2D eigenvalue weighted by Gasteiger charge is 2.24. The first-order valence-corrected chi connectivity index (χ1v) is 8.44. The van der Waals surface area contributed by atoms with Crippen molar-refractivity contribution in [3.8, 4) is 0 Å². The van der Waals surface area contributed by atoms with Gasteiger partial charge in [0.1, 0.15) is 17.3 Å². The number of aliphatic imine (C=N–C) groups is 1. The van der Waals surface area contributed by atoms with Gasteiger partial charge in [-0.25, -0.2) is 8.78 Å². The van der Waals surface area contributed by atoms with Gasteiger partial charge in [0.2, 0.25) is 0 Å². The van der Waals surface area contributed by atoms with Gasteiger partial charge in [0.25, 0.3) is 0 Å². The summed E-state index contributed by atoms with van der Waals surface area (Å²) in [5.74, 6) is -0.915. The summed E-state index contributed by atoms with van der Waals surface area (Å²) >= 11 is 5.82. The topological polar surface area (TPSA) is 48.2 Å². The van der Waals surface area contributed by atoms with Crippen LogP contribution in [-0.2, 0) is 12.8 Å². The van der Waals surface area contributed by atoms with Crippen LogP contribution in [-0.4, -0.2) is 42.2 Å². The molecule has 4 nitrogen and oxygen atoms in total. The lowest BCUT2D eigenvalue weighted by Gasteiger charge is -2.12.